The number of carboxylic acids is 1. The van der Waals surface area contributed by atoms with Gasteiger partial charge in [0, 0.05) is 12.7 Å². The number of hydrogen-bond donors (Lipinski definition) is 1. The number of sulfonamides is 1. The van der Waals surface area contributed by atoms with Gasteiger partial charge in [-0.05, 0) is 31.4 Å². The summed E-state index contributed by atoms with van der Waals surface area (Å²) in [6, 6.07) is 2.27. The molecule has 110 valence electrons. The van der Waals surface area contributed by atoms with Gasteiger partial charge in [0.25, 0.3) is 10.0 Å². The van der Waals surface area contributed by atoms with E-state index in [9.17, 15) is 22.7 Å². The topological polar surface area (TPSA) is 87.6 Å². The molecule has 1 fully saturated rings. The maximum Gasteiger partial charge on any atom is 0.325 e. The van der Waals surface area contributed by atoms with Gasteiger partial charge >= 0.3 is 5.97 Å². The number of aliphatic carboxylic acids is 1. The molecule has 1 aliphatic rings. The summed E-state index contributed by atoms with van der Waals surface area (Å²) in [5, 5.41) is 8.67. The van der Waals surface area contributed by atoms with Crippen molar-refractivity contribution in [2.75, 3.05) is 6.54 Å². The van der Waals surface area contributed by atoms with Crippen molar-refractivity contribution in [1.29, 1.82) is 0 Å². The third-order valence-corrected chi connectivity index (χ3v) is 5.57. The highest BCUT2D eigenvalue weighted by Gasteiger charge is 2.52. The molecule has 2 rings (SSSR count). The Bertz CT molecular complexity index is 634. The lowest BCUT2D eigenvalue weighted by Gasteiger charge is -2.32. The molecule has 1 saturated heterocycles. The third kappa shape index (κ3) is 2.08. The number of carboxylic acid groups (broad SMARTS) is 1. The van der Waals surface area contributed by atoms with Crippen molar-refractivity contribution in [3.63, 3.8) is 0 Å². The molecule has 0 aromatic carbocycles. The van der Waals surface area contributed by atoms with Gasteiger partial charge in [-0.3, -0.25) is 4.79 Å². The van der Waals surface area contributed by atoms with Crippen LogP contribution in [0.2, 0.25) is 0 Å². The second kappa shape index (κ2) is 5.10. The van der Waals surface area contributed by atoms with Crippen LogP contribution in [-0.2, 0) is 14.8 Å². The first kappa shape index (κ1) is 14.9. The molecular formula is C12H15FN2O4S. The van der Waals surface area contributed by atoms with Crippen molar-refractivity contribution in [3.05, 3.63) is 24.1 Å². The Hall–Kier alpha value is -1.54. The zero-order valence-corrected chi connectivity index (χ0v) is 11.7. The lowest BCUT2D eigenvalue weighted by atomic mass is 9.95. The maximum absolute atomic E-state index is 13.7. The first-order valence-corrected chi connectivity index (χ1v) is 7.67. The normalized spacial score (nSPS) is 23.9. The van der Waals surface area contributed by atoms with Crippen molar-refractivity contribution in [3.8, 4) is 0 Å². The average molecular weight is 302 g/mol. The Balaban J connectivity index is 2.55. The summed E-state index contributed by atoms with van der Waals surface area (Å²) in [6.07, 6.45) is 1.93. The summed E-state index contributed by atoms with van der Waals surface area (Å²) in [5.41, 5.74) is -1.51. The quantitative estimate of drug-likeness (QED) is 0.904. The van der Waals surface area contributed by atoms with Crippen LogP contribution < -0.4 is 0 Å². The highest BCUT2D eigenvalue weighted by Crippen LogP contribution is 2.37. The molecule has 2 heterocycles. The largest absolute Gasteiger partial charge is 0.480 e. The van der Waals surface area contributed by atoms with E-state index in [4.69, 9.17) is 0 Å². The van der Waals surface area contributed by atoms with Gasteiger partial charge in [-0.25, -0.2) is 17.8 Å². The summed E-state index contributed by atoms with van der Waals surface area (Å²) >= 11 is 0. The van der Waals surface area contributed by atoms with Gasteiger partial charge in [-0.2, -0.15) is 4.31 Å². The Morgan fingerprint density at radius 1 is 1.60 bits per heavy atom. The summed E-state index contributed by atoms with van der Waals surface area (Å²) in [4.78, 5) is 15.1. The van der Waals surface area contributed by atoms with Crippen molar-refractivity contribution < 1.29 is 22.7 Å². The Morgan fingerprint density at radius 2 is 2.30 bits per heavy atom. The van der Waals surface area contributed by atoms with E-state index >= 15 is 0 Å². The van der Waals surface area contributed by atoms with Gasteiger partial charge in [-0.1, -0.05) is 6.92 Å². The minimum Gasteiger partial charge on any atom is -0.480 e. The third-order valence-electron chi connectivity index (χ3n) is 3.67. The van der Waals surface area contributed by atoms with Gasteiger partial charge in [-0.15, -0.1) is 0 Å². The molecule has 1 aliphatic heterocycles. The zero-order chi connectivity index (χ0) is 15.0. The van der Waals surface area contributed by atoms with Crippen LogP contribution in [0.3, 0.4) is 0 Å². The Morgan fingerprint density at radius 3 is 2.85 bits per heavy atom. The fourth-order valence-electron chi connectivity index (χ4n) is 2.59. The van der Waals surface area contributed by atoms with Crippen molar-refractivity contribution in [1.82, 2.24) is 9.29 Å². The van der Waals surface area contributed by atoms with Crippen LogP contribution in [0.4, 0.5) is 4.39 Å². The number of hydrogen-bond acceptors (Lipinski definition) is 4. The summed E-state index contributed by atoms with van der Waals surface area (Å²) in [5.74, 6) is -2.19. The number of halogens is 1. The molecule has 8 heteroatoms. The van der Waals surface area contributed by atoms with E-state index in [0.29, 0.717) is 6.42 Å². The predicted molar refractivity (Wildman–Crippen MR) is 68.0 cm³/mol. The van der Waals surface area contributed by atoms with Crippen LogP contribution in [0.15, 0.2) is 23.4 Å². The summed E-state index contributed by atoms with van der Waals surface area (Å²) < 4.78 is 39.5. The molecular weight excluding hydrogens is 287 g/mol. The highest BCUT2D eigenvalue weighted by molar-refractivity contribution is 7.89. The van der Waals surface area contributed by atoms with Crippen molar-refractivity contribution >= 4 is 16.0 Å². The van der Waals surface area contributed by atoms with E-state index in [-0.39, 0.29) is 19.4 Å². The molecule has 0 radical (unpaired) electrons. The van der Waals surface area contributed by atoms with Gasteiger partial charge < -0.3 is 5.11 Å². The van der Waals surface area contributed by atoms with Crippen LogP contribution in [0.25, 0.3) is 0 Å². The first-order valence-electron chi connectivity index (χ1n) is 6.23. The van der Waals surface area contributed by atoms with Gasteiger partial charge in [0.15, 0.2) is 5.82 Å². The zero-order valence-electron chi connectivity index (χ0n) is 10.9. The molecule has 1 unspecified atom stereocenters. The van der Waals surface area contributed by atoms with E-state index in [1.54, 1.807) is 6.92 Å². The highest BCUT2D eigenvalue weighted by atomic mass is 32.2. The Kier molecular flexibility index (Phi) is 3.79. The Labute approximate surface area is 116 Å². The fraction of sp³-hybridized carbons (Fsp3) is 0.500. The number of aromatic nitrogens is 1. The van der Waals surface area contributed by atoms with Crippen molar-refractivity contribution in [2.45, 2.75) is 36.8 Å². The summed E-state index contributed by atoms with van der Waals surface area (Å²) in [6.45, 7) is 1.66. The smallest absolute Gasteiger partial charge is 0.325 e. The van der Waals surface area contributed by atoms with Crippen LogP contribution in [0.5, 0.6) is 0 Å². The van der Waals surface area contributed by atoms with Crippen LogP contribution in [-0.4, -0.2) is 40.9 Å². The van der Waals surface area contributed by atoms with Crippen molar-refractivity contribution in [2.24, 2.45) is 0 Å². The average Bonchev–Trinajstić information content (AvgIpc) is 2.84. The molecule has 1 atom stereocenters. The van der Waals surface area contributed by atoms with E-state index in [0.717, 1.165) is 10.4 Å². The monoisotopic (exact) mass is 302 g/mol. The maximum atomic E-state index is 13.7. The van der Waals surface area contributed by atoms with E-state index in [1.165, 1.54) is 12.3 Å². The number of nitrogens with zero attached hydrogens (tertiary/aromatic N) is 2. The van der Waals surface area contributed by atoms with Crippen LogP contribution in [0, 0.1) is 5.82 Å². The number of pyridine rings is 1. The lowest BCUT2D eigenvalue weighted by Crippen LogP contribution is -2.52. The predicted octanol–water partition coefficient (Wildman–Crippen LogP) is 1.24. The minimum absolute atomic E-state index is 0.0541. The molecule has 6 nitrogen and oxygen atoms in total. The molecule has 1 aromatic heterocycles. The second-order valence-corrected chi connectivity index (χ2v) is 6.44. The molecule has 0 aliphatic carbocycles. The molecule has 1 N–H and O–H groups in total. The second-order valence-electron chi connectivity index (χ2n) is 4.66. The molecule has 0 spiro atoms. The fourth-order valence-corrected chi connectivity index (χ4v) is 4.43. The molecule has 0 saturated carbocycles. The lowest BCUT2D eigenvalue weighted by molar-refractivity contribution is -0.147. The molecule has 1 aromatic rings. The van der Waals surface area contributed by atoms with Crippen LogP contribution >= 0.6 is 0 Å². The van der Waals surface area contributed by atoms with E-state index in [1.807, 2.05) is 0 Å². The van der Waals surface area contributed by atoms with Gasteiger partial charge in [0.05, 0.1) is 0 Å². The van der Waals surface area contributed by atoms with Gasteiger partial charge in [0.2, 0.25) is 5.03 Å². The van der Waals surface area contributed by atoms with Gasteiger partial charge in [0.1, 0.15) is 5.54 Å². The standard InChI is InChI=1S/C12H15FN2O4S/c1-2-12(11(16)17)6-4-8-15(12)20(18,19)10-9(13)5-3-7-14-10/h3,5,7H,2,4,6,8H2,1H3,(H,16,17). The van der Waals surface area contributed by atoms with Crippen LogP contribution in [0.1, 0.15) is 26.2 Å². The first-order chi connectivity index (χ1) is 9.36. The molecule has 0 bridgehead atoms. The minimum atomic E-state index is -4.27. The van der Waals surface area contributed by atoms with E-state index < -0.39 is 32.4 Å². The number of rotatable bonds is 4. The number of carbonyl (C=O) groups is 1. The summed E-state index contributed by atoms with van der Waals surface area (Å²) in [7, 11) is -4.27. The molecule has 20 heavy (non-hydrogen) atoms. The SMILES string of the molecule is CCC1(C(=O)O)CCCN1S(=O)(=O)c1ncccc1F. The van der Waals surface area contributed by atoms with E-state index in [2.05, 4.69) is 4.98 Å². The molecule has 0 amide bonds.